The molecular formula is C35H48N4. The molecule has 8 fully saturated rings. The zero-order valence-corrected chi connectivity index (χ0v) is 24.9. The molecule has 2 aromatic carbocycles. The minimum absolute atomic E-state index is 0.124. The van der Waals surface area contributed by atoms with E-state index in [4.69, 9.17) is 0 Å². The molecular weight excluding hydrogens is 476 g/mol. The van der Waals surface area contributed by atoms with Crippen LogP contribution in [-0.2, 0) is 0 Å². The fraction of sp³-hybridized carbons (Fsp3) is 0.657. The highest BCUT2D eigenvalue weighted by Gasteiger charge is 2.73. The van der Waals surface area contributed by atoms with Crippen LogP contribution in [0.1, 0.15) is 73.6 Å². The van der Waals surface area contributed by atoms with Gasteiger partial charge < -0.3 is 10.0 Å². The average Bonchev–Trinajstić information content (AvgIpc) is 3.53. The molecule has 4 heteroatoms. The lowest BCUT2D eigenvalue weighted by Gasteiger charge is -2.71. The number of hydrogen-bond acceptors (Lipinski definition) is 4. The first-order chi connectivity index (χ1) is 18.7. The van der Waals surface area contributed by atoms with Crippen LogP contribution >= 0.6 is 0 Å². The quantitative estimate of drug-likeness (QED) is 0.411. The highest BCUT2D eigenvalue weighted by atomic mass is 15.7. The zero-order chi connectivity index (χ0) is 26.8. The Morgan fingerprint density at radius 3 is 1.18 bits per heavy atom. The first kappa shape index (κ1) is 24.7. The highest BCUT2D eigenvalue weighted by molar-refractivity contribution is 5.51. The molecule has 0 spiro atoms. The Hall–Kier alpha value is -2.04. The second-order valence-electron chi connectivity index (χ2n) is 15.7. The van der Waals surface area contributed by atoms with Crippen molar-refractivity contribution in [2.45, 2.75) is 109 Å². The lowest BCUT2D eigenvalue weighted by atomic mass is 9.52. The van der Waals surface area contributed by atoms with E-state index in [0.29, 0.717) is 24.2 Å². The second kappa shape index (κ2) is 8.26. The first-order valence-corrected chi connectivity index (χ1v) is 15.9. The summed E-state index contributed by atoms with van der Waals surface area (Å²) in [6, 6.07) is 25.4. The maximum absolute atomic E-state index is 2.87. The molecule has 2 unspecified atom stereocenters. The molecule has 4 nitrogen and oxygen atoms in total. The van der Waals surface area contributed by atoms with Crippen LogP contribution in [0.2, 0.25) is 0 Å². The van der Waals surface area contributed by atoms with E-state index in [-0.39, 0.29) is 11.1 Å². The molecule has 4 saturated heterocycles. The third kappa shape index (κ3) is 3.31. The Morgan fingerprint density at radius 1 is 0.487 bits per heavy atom. The first-order valence-electron chi connectivity index (χ1n) is 15.9. The van der Waals surface area contributed by atoms with E-state index in [1.54, 1.807) is 0 Å². The Bertz CT molecular complexity index is 1120. The van der Waals surface area contributed by atoms with Crippen LogP contribution in [0.5, 0.6) is 0 Å². The van der Waals surface area contributed by atoms with Crippen molar-refractivity contribution in [2.24, 2.45) is 35.5 Å². The molecule has 0 aromatic heterocycles. The summed E-state index contributed by atoms with van der Waals surface area (Å²) in [6.45, 7) is 14.7. The van der Waals surface area contributed by atoms with Crippen LogP contribution in [0.3, 0.4) is 0 Å². The van der Waals surface area contributed by atoms with E-state index in [0.717, 1.165) is 35.5 Å². The summed E-state index contributed by atoms with van der Waals surface area (Å²) >= 11 is 0. The van der Waals surface area contributed by atoms with Gasteiger partial charge in [0.2, 0.25) is 0 Å². The molecule has 4 aliphatic heterocycles. The molecule has 39 heavy (non-hydrogen) atoms. The maximum atomic E-state index is 2.87. The minimum atomic E-state index is 0.124. The molecule has 10 rings (SSSR count). The number of benzene rings is 2. The largest absolute Gasteiger partial charge is 0.302 e. The van der Waals surface area contributed by atoms with Crippen LogP contribution in [0.15, 0.2) is 60.7 Å². The van der Waals surface area contributed by atoms with Gasteiger partial charge in [-0.05, 0) is 133 Å². The van der Waals surface area contributed by atoms with Gasteiger partial charge in [-0.3, -0.25) is 0 Å². The molecule has 2 aromatic rings. The number of rotatable bonds is 2. The van der Waals surface area contributed by atoms with Gasteiger partial charge >= 0.3 is 0 Å². The molecule has 6 bridgehead atoms. The van der Waals surface area contributed by atoms with Gasteiger partial charge in [0, 0.05) is 35.2 Å². The van der Waals surface area contributed by atoms with E-state index in [1.165, 1.54) is 43.5 Å². The predicted octanol–water partition coefficient (Wildman–Crippen LogP) is 7.23. The van der Waals surface area contributed by atoms with Crippen LogP contribution in [0.25, 0.3) is 0 Å². The number of fused-ring (bicyclic) bond motifs is 6. The van der Waals surface area contributed by atoms with Crippen molar-refractivity contribution >= 4 is 11.4 Å². The van der Waals surface area contributed by atoms with Gasteiger partial charge in [0.1, 0.15) is 0 Å². The molecule has 4 heterocycles. The SMILES string of the molecule is CC(C)(C)N1[C@@H]2CC[C@@H]([C@H]3C4CC([C@H]32)[C@H]2[C@@H]4[C@H]3CC[C@@H]2N(C(C)(C)C)N3c2ccccc2)N1c1ccccc1. The summed E-state index contributed by atoms with van der Waals surface area (Å²) in [7, 11) is 0. The van der Waals surface area contributed by atoms with E-state index in [2.05, 4.69) is 122 Å². The molecule has 0 amide bonds. The maximum Gasteiger partial charge on any atom is 0.0525 e. The molecule has 4 saturated carbocycles. The third-order valence-electron chi connectivity index (χ3n) is 11.8. The summed E-state index contributed by atoms with van der Waals surface area (Å²) in [5.74, 6) is 5.16. The number of hydrogen-bond donors (Lipinski definition) is 0. The normalized spacial score (nSPS) is 41.3. The summed E-state index contributed by atoms with van der Waals surface area (Å²) in [6.07, 6.45) is 6.95. The van der Waals surface area contributed by atoms with Crippen LogP contribution in [-0.4, -0.2) is 45.3 Å². The number of anilines is 2. The average molecular weight is 525 g/mol. The van der Waals surface area contributed by atoms with Crippen LogP contribution in [0.4, 0.5) is 11.4 Å². The molecule has 4 aliphatic carbocycles. The van der Waals surface area contributed by atoms with Gasteiger partial charge in [0.25, 0.3) is 0 Å². The van der Waals surface area contributed by atoms with Crippen molar-refractivity contribution in [1.29, 1.82) is 0 Å². The Labute approximate surface area is 236 Å². The Balaban J connectivity index is 1.23. The van der Waals surface area contributed by atoms with Crippen molar-refractivity contribution in [2.75, 3.05) is 10.0 Å². The van der Waals surface area contributed by atoms with Gasteiger partial charge in [-0.2, -0.15) is 0 Å². The van der Waals surface area contributed by atoms with Crippen molar-refractivity contribution in [3.8, 4) is 0 Å². The molecule has 10 atom stereocenters. The molecule has 208 valence electrons. The lowest BCUT2D eigenvalue weighted by molar-refractivity contribution is -0.162. The highest BCUT2D eigenvalue weighted by Crippen LogP contribution is 2.71. The zero-order valence-electron chi connectivity index (χ0n) is 24.9. The summed E-state index contributed by atoms with van der Waals surface area (Å²) < 4.78 is 0. The number of para-hydroxylation sites is 2. The summed E-state index contributed by atoms with van der Waals surface area (Å²) in [5, 5.41) is 11.4. The predicted molar refractivity (Wildman–Crippen MR) is 160 cm³/mol. The number of hydrazine groups is 2. The second-order valence-corrected chi connectivity index (χ2v) is 15.7. The van der Waals surface area contributed by atoms with Crippen molar-refractivity contribution < 1.29 is 0 Å². The molecule has 0 radical (unpaired) electrons. The minimum Gasteiger partial charge on any atom is -0.302 e. The van der Waals surface area contributed by atoms with Gasteiger partial charge in [0.15, 0.2) is 0 Å². The Morgan fingerprint density at radius 2 is 0.821 bits per heavy atom. The summed E-state index contributed by atoms with van der Waals surface area (Å²) in [4.78, 5) is 0. The van der Waals surface area contributed by atoms with Crippen LogP contribution < -0.4 is 10.0 Å². The van der Waals surface area contributed by atoms with Gasteiger partial charge in [-0.25, -0.2) is 10.0 Å². The molecule has 8 aliphatic rings. The van der Waals surface area contributed by atoms with Gasteiger partial charge in [-0.1, -0.05) is 36.4 Å². The van der Waals surface area contributed by atoms with E-state index < -0.39 is 0 Å². The monoisotopic (exact) mass is 524 g/mol. The van der Waals surface area contributed by atoms with E-state index in [9.17, 15) is 0 Å². The Kier molecular flexibility index (Phi) is 5.24. The fourth-order valence-corrected chi connectivity index (χ4v) is 11.4. The fourth-order valence-electron chi connectivity index (χ4n) is 11.4. The van der Waals surface area contributed by atoms with E-state index in [1.807, 2.05) is 0 Å². The smallest absolute Gasteiger partial charge is 0.0525 e. The standard InChI is InChI=1S/C35H48N4/c1-34(2,3)38-28-19-17-26(36(38)22-13-9-7-10-14-22)30-24-21-25(32(28)30)33-29-20-18-27(31(24)33)37(39(29)35(4,5)6)23-15-11-8-12-16-23/h7-16,24-33H,17-21H2,1-6H3/t24?,25?,26-,27+,28+,29-,30+,31-,32-,33+. The van der Waals surface area contributed by atoms with Crippen molar-refractivity contribution in [1.82, 2.24) is 10.0 Å². The lowest BCUT2D eigenvalue weighted by Crippen LogP contribution is -2.78. The summed E-state index contributed by atoms with van der Waals surface area (Å²) in [5.41, 5.74) is 3.07. The topological polar surface area (TPSA) is 13.0 Å². The number of nitrogens with zero attached hydrogens (tertiary/aromatic N) is 4. The van der Waals surface area contributed by atoms with Crippen molar-refractivity contribution in [3.05, 3.63) is 60.7 Å². The van der Waals surface area contributed by atoms with Gasteiger partial charge in [-0.15, -0.1) is 0 Å². The van der Waals surface area contributed by atoms with E-state index >= 15 is 0 Å². The third-order valence-corrected chi connectivity index (χ3v) is 11.8. The van der Waals surface area contributed by atoms with Crippen molar-refractivity contribution in [3.63, 3.8) is 0 Å². The van der Waals surface area contributed by atoms with Gasteiger partial charge in [0.05, 0.1) is 11.4 Å². The van der Waals surface area contributed by atoms with Crippen LogP contribution in [0, 0.1) is 35.5 Å². The molecule has 0 N–H and O–H groups in total.